The standard InChI is InChI=1S/C24H28N6O3/c31-21-11-15-30(24(32)27-16-18-6-2-1-3-7-18)14-5-9-19(10-13-26-21)23-28-22(29-33-23)20-8-4-12-25-17-20/h1-4,6-8,12,17,19H,5,9-11,13-16H2,(H,26,31)(H,27,32). The monoisotopic (exact) mass is 448 g/mol. The van der Waals surface area contributed by atoms with Crippen molar-refractivity contribution in [2.45, 2.75) is 38.1 Å². The lowest BCUT2D eigenvalue weighted by Gasteiger charge is -2.23. The second kappa shape index (κ2) is 11.2. The van der Waals surface area contributed by atoms with E-state index in [9.17, 15) is 9.59 Å². The van der Waals surface area contributed by atoms with Crippen molar-refractivity contribution in [1.82, 2.24) is 30.7 Å². The van der Waals surface area contributed by atoms with Crippen molar-refractivity contribution in [3.63, 3.8) is 0 Å². The number of benzene rings is 1. The molecule has 0 aliphatic carbocycles. The van der Waals surface area contributed by atoms with Gasteiger partial charge in [-0.3, -0.25) is 9.78 Å². The van der Waals surface area contributed by atoms with Crippen LogP contribution in [0.5, 0.6) is 0 Å². The fourth-order valence-corrected chi connectivity index (χ4v) is 3.84. The van der Waals surface area contributed by atoms with Crippen LogP contribution < -0.4 is 10.6 Å². The van der Waals surface area contributed by atoms with Crippen molar-refractivity contribution in [3.05, 3.63) is 66.3 Å². The molecule has 172 valence electrons. The number of rotatable bonds is 4. The summed E-state index contributed by atoms with van der Waals surface area (Å²) in [6, 6.07) is 13.3. The minimum atomic E-state index is -0.167. The predicted octanol–water partition coefficient (Wildman–Crippen LogP) is 3.12. The lowest BCUT2D eigenvalue weighted by Crippen LogP contribution is -2.42. The third-order valence-electron chi connectivity index (χ3n) is 5.69. The molecule has 1 fully saturated rings. The lowest BCUT2D eigenvalue weighted by atomic mass is 9.99. The van der Waals surface area contributed by atoms with Crippen molar-refractivity contribution in [2.75, 3.05) is 19.6 Å². The first-order valence-electron chi connectivity index (χ1n) is 11.3. The van der Waals surface area contributed by atoms with Crippen LogP contribution in [0.15, 0.2) is 59.4 Å². The van der Waals surface area contributed by atoms with Gasteiger partial charge in [0.15, 0.2) is 0 Å². The summed E-state index contributed by atoms with van der Waals surface area (Å²) in [7, 11) is 0. The van der Waals surface area contributed by atoms with Gasteiger partial charge in [0.05, 0.1) is 0 Å². The summed E-state index contributed by atoms with van der Waals surface area (Å²) in [6.07, 6.45) is 5.89. The van der Waals surface area contributed by atoms with E-state index in [1.807, 2.05) is 42.5 Å². The molecule has 3 aromatic rings. The van der Waals surface area contributed by atoms with Crippen LogP contribution in [-0.4, -0.2) is 51.6 Å². The molecular formula is C24H28N6O3. The Hall–Kier alpha value is -3.75. The van der Waals surface area contributed by atoms with Crippen LogP contribution in [0.4, 0.5) is 4.79 Å². The Kier molecular flexibility index (Phi) is 7.63. The normalized spacial score (nSPS) is 17.6. The highest BCUT2D eigenvalue weighted by Crippen LogP contribution is 2.26. The molecule has 1 atom stereocenters. The molecule has 2 N–H and O–H groups in total. The molecule has 2 aromatic heterocycles. The van der Waals surface area contributed by atoms with Gasteiger partial charge in [0.2, 0.25) is 17.6 Å². The van der Waals surface area contributed by atoms with Gasteiger partial charge in [-0.25, -0.2) is 4.79 Å². The molecule has 1 saturated heterocycles. The summed E-state index contributed by atoms with van der Waals surface area (Å²) < 4.78 is 5.55. The molecule has 9 heteroatoms. The van der Waals surface area contributed by atoms with Crippen LogP contribution in [0.1, 0.15) is 43.1 Å². The quantitative estimate of drug-likeness (QED) is 0.634. The number of nitrogens with zero attached hydrogens (tertiary/aromatic N) is 4. The number of hydrogen-bond donors (Lipinski definition) is 2. The topological polar surface area (TPSA) is 113 Å². The largest absolute Gasteiger partial charge is 0.356 e. The number of carbonyl (C=O) groups is 2. The molecule has 0 saturated carbocycles. The first kappa shape index (κ1) is 22.4. The first-order valence-corrected chi connectivity index (χ1v) is 11.3. The molecule has 3 heterocycles. The van der Waals surface area contributed by atoms with Gasteiger partial charge in [0.1, 0.15) is 0 Å². The average Bonchev–Trinajstić information content (AvgIpc) is 3.33. The fraction of sp³-hybridized carbons (Fsp3) is 0.375. The summed E-state index contributed by atoms with van der Waals surface area (Å²) in [5, 5.41) is 9.99. The molecular weight excluding hydrogens is 420 g/mol. The SMILES string of the molecule is O=C1CCN(C(=O)NCc2ccccc2)CCCC(c2nc(-c3cccnc3)no2)CCN1. The molecule has 9 nitrogen and oxygen atoms in total. The lowest BCUT2D eigenvalue weighted by molar-refractivity contribution is -0.121. The van der Waals surface area contributed by atoms with Crippen LogP contribution in [0.25, 0.3) is 11.4 Å². The van der Waals surface area contributed by atoms with E-state index in [1.54, 1.807) is 17.3 Å². The molecule has 33 heavy (non-hydrogen) atoms. The molecule has 0 spiro atoms. The summed E-state index contributed by atoms with van der Waals surface area (Å²) in [4.78, 5) is 35.4. The van der Waals surface area contributed by atoms with Gasteiger partial charge in [-0.2, -0.15) is 4.98 Å². The molecule has 1 unspecified atom stereocenters. The summed E-state index contributed by atoms with van der Waals surface area (Å²) in [6.45, 7) is 1.90. The van der Waals surface area contributed by atoms with Crippen molar-refractivity contribution < 1.29 is 14.1 Å². The number of hydrogen-bond acceptors (Lipinski definition) is 6. The summed E-state index contributed by atoms with van der Waals surface area (Å²) in [5.74, 6) is 0.967. The van der Waals surface area contributed by atoms with E-state index in [0.29, 0.717) is 44.3 Å². The van der Waals surface area contributed by atoms with Crippen LogP contribution in [0.2, 0.25) is 0 Å². The second-order valence-corrected chi connectivity index (χ2v) is 8.06. The van der Waals surface area contributed by atoms with Crippen molar-refractivity contribution in [1.29, 1.82) is 0 Å². The molecule has 0 bridgehead atoms. The number of amides is 3. The maximum Gasteiger partial charge on any atom is 0.317 e. The number of aromatic nitrogens is 3. The average molecular weight is 449 g/mol. The van der Waals surface area contributed by atoms with Crippen LogP contribution >= 0.6 is 0 Å². The van der Waals surface area contributed by atoms with E-state index in [-0.39, 0.29) is 24.3 Å². The zero-order valence-electron chi connectivity index (χ0n) is 18.4. The van der Waals surface area contributed by atoms with E-state index in [0.717, 1.165) is 24.0 Å². The van der Waals surface area contributed by atoms with Crippen LogP contribution in [0.3, 0.4) is 0 Å². The van der Waals surface area contributed by atoms with Crippen molar-refractivity contribution in [2.24, 2.45) is 0 Å². The minimum Gasteiger partial charge on any atom is -0.356 e. The Balaban J connectivity index is 1.39. The fourth-order valence-electron chi connectivity index (χ4n) is 3.84. The Morgan fingerprint density at radius 3 is 2.85 bits per heavy atom. The van der Waals surface area contributed by atoms with Crippen molar-refractivity contribution >= 4 is 11.9 Å². The molecule has 1 aliphatic rings. The highest BCUT2D eigenvalue weighted by atomic mass is 16.5. The van der Waals surface area contributed by atoms with Gasteiger partial charge in [-0.15, -0.1) is 0 Å². The second-order valence-electron chi connectivity index (χ2n) is 8.06. The zero-order chi connectivity index (χ0) is 22.9. The first-order chi connectivity index (χ1) is 16.2. The van der Waals surface area contributed by atoms with Gasteiger partial charge in [0.25, 0.3) is 0 Å². The minimum absolute atomic E-state index is 0.00412. The maximum atomic E-state index is 12.8. The van der Waals surface area contributed by atoms with E-state index >= 15 is 0 Å². The highest BCUT2D eigenvalue weighted by molar-refractivity contribution is 5.78. The predicted molar refractivity (Wildman–Crippen MR) is 122 cm³/mol. The maximum absolute atomic E-state index is 12.8. The van der Waals surface area contributed by atoms with Gasteiger partial charge in [-0.05, 0) is 37.0 Å². The van der Waals surface area contributed by atoms with E-state index in [1.165, 1.54) is 0 Å². The van der Waals surface area contributed by atoms with Crippen molar-refractivity contribution in [3.8, 4) is 11.4 Å². The zero-order valence-corrected chi connectivity index (χ0v) is 18.4. The van der Waals surface area contributed by atoms with E-state index in [4.69, 9.17) is 4.52 Å². The molecule has 4 rings (SSSR count). The summed E-state index contributed by atoms with van der Waals surface area (Å²) in [5.41, 5.74) is 1.82. The van der Waals surface area contributed by atoms with Gasteiger partial charge >= 0.3 is 6.03 Å². The highest BCUT2D eigenvalue weighted by Gasteiger charge is 2.23. The molecule has 3 amide bonds. The number of nitrogens with one attached hydrogen (secondary N) is 2. The third kappa shape index (κ3) is 6.38. The van der Waals surface area contributed by atoms with Gasteiger partial charge in [0, 0.05) is 56.5 Å². The summed E-state index contributed by atoms with van der Waals surface area (Å²) >= 11 is 0. The Morgan fingerprint density at radius 2 is 2.03 bits per heavy atom. The number of carbonyl (C=O) groups excluding carboxylic acids is 2. The van der Waals surface area contributed by atoms with Gasteiger partial charge in [-0.1, -0.05) is 35.5 Å². The smallest absolute Gasteiger partial charge is 0.317 e. The Morgan fingerprint density at radius 1 is 1.15 bits per heavy atom. The Bertz CT molecular complexity index is 1040. The molecule has 1 aliphatic heterocycles. The molecule has 1 aromatic carbocycles. The van der Waals surface area contributed by atoms with Crippen LogP contribution in [-0.2, 0) is 11.3 Å². The molecule has 0 radical (unpaired) electrons. The van der Waals surface area contributed by atoms with Crippen LogP contribution in [0, 0.1) is 0 Å². The number of pyridine rings is 1. The Labute approximate surface area is 192 Å². The number of urea groups is 1. The van der Waals surface area contributed by atoms with E-state index < -0.39 is 0 Å². The van der Waals surface area contributed by atoms with E-state index in [2.05, 4.69) is 25.8 Å². The third-order valence-corrected chi connectivity index (χ3v) is 5.69. The van der Waals surface area contributed by atoms with Gasteiger partial charge < -0.3 is 20.1 Å².